The first-order valence-electron chi connectivity index (χ1n) is 16.5. The number of ether oxygens (including phenoxy) is 2. The molecule has 0 N–H and O–H groups in total. The summed E-state index contributed by atoms with van der Waals surface area (Å²) in [6.45, 7) is 6.74. The zero-order valence-electron chi connectivity index (χ0n) is 27.3. The number of benzene rings is 3. The summed E-state index contributed by atoms with van der Waals surface area (Å²) in [6, 6.07) is 20.6. The number of amides is 3. The Morgan fingerprint density at radius 1 is 0.875 bits per heavy atom. The Balaban J connectivity index is 1.18. The lowest BCUT2D eigenvalue weighted by molar-refractivity contribution is -0.136. The predicted molar refractivity (Wildman–Crippen MR) is 180 cm³/mol. The highest BCUT2D eigenvalue weighted by Gasteiger charge is 2.55. The lowest BCUT2D eigenvalue weighted by atomic mass is 9.77. The molecule has 3 aliphatic heterocycles. The van der Waals surface area contributed by atoms with E-state index < -0.39 is 23.9 Å². The van der Waals surface area contributed by atoms with Gasteiger partial charge in [0.15, 0.2) is 12.1 Å². The van der Waals surface area contributed by atoms with Gasteiger partial charge >= 0.3 is 0 Å². The Bertz CT molecular complexity index is 1800. The maximum Gasteiger partial charge on any atom is 0.264 e. The number of aryl methyl sites for hydroxylation is 1. The Morgan fingerprint density at radius 2 is 1.54 bits per heavy atom. The molecule has 246 valence electrons. The van der Waals surface area contributed by atoms with Crippen LogP contribution in [-0.2, 0) is 14.4 Å². The van der Waals surface area contributed by atoms with Gasteiger partial charge in [-0.05, 0) is 99.2 Å². The van der Waals surface area contributed by atoms with Gasteiger partial charge in [-0.1, -0.05) is 47.2 Å². The van der Waals surface area contributed by atoms with Crippen molar-refractivity contribution in [2.24, 2.45) is 21.4 Å². The van der Waals surface area contributed by atoms with Crippen LogP contribution in [0.3, 0.4) is 0 Å². The van der Waals surface area contributed by atoms with Gasteiger partial charge in [-0.3, -0.25) is 19.4 Å². The van der Waals surface area contributed by atoms with E-state index in [-0.39, 0.29) is 24.4 Å². The van der Waals surface area contributed by atoms with Crippen molar-refractivity contribution in [2.45, 2.75) is 58.2 Å². The fourth-order valence-corrected chi connectivity index (χ4v) is 7.01. The molecule has 0 spiro atoms. The third-order valence-corrected chi connectivity index (χ3v) is 9.27. The number of carbonyl (C=O) groups excluding carboxylic acids is 3. The summed E-state index contributed by atoms with van der Waals surface area (Å²) in [4.78, 5) is 42.3. The molecule has 0 aromatic heterocycles. The van der Waals surface area contributed by atoms with Gasteiger partial charge < -0.3 is 9.47 Å². The van der Waals surface area contributed by atoms with Crippen LogP contribution in [0.1, 0.15) is 55.8 Å². The highest BCUT2D eigenvalue weighted by molar-refractivity contribution is 6.25. The van der Waals surface area contributed by atoms with Crippen molar-refractivity contribution in [2.75, 3.05) is 24.7 Å². The third-order valence-electron chi connectivity index (χ3n) is 9.27. The maximum absolute atomic E-state index is 14.2. The Kier molecular flexibility index (Phi) is 8.51. The molecule has 4 atom stereocenters. The average Bonchev–Trinajstić information content (AvgIpc) is 3.76. The van der Waals surface area contributed by atoms with E-state index in [9.17, 15) is 14.4 Å². The summed E-state index contributed by atoms with van der Waals surface area (Å²) in [6.07, 6.45) is 4.81. The molecule has 3 aromatic rings. The maximum atomic E-state index is 14.2. The van der Waals surface area contributed by atoms with Crippen molar-refractivity contribution < 1.29 is 23.9 Å². The predicted octanol–water partition coefficient (Wildman–Crippen LogP) is 5.91. The number of nitrogens with zero attached hydrogens (tertiary/aromatic N) is 6. The fourth-order valence-electron chi connectivity index (χ4n) is 7.01. The van der Waals surface area contributed by atoms with Crippen LogP contribution in [0.25, 0.3) is 6.08 Å². The Hall–Kier alpha value is -5.32. The number of hydrogen-bond donors (Lipinski definition) is 0. The minimum absolute atomic E-state index is 0.0192. The molecule has 48 heavy (non-hydrogen) atoms. The Labute approximate surface area is 279 Å². The monoisotopic (exact) mass is 646 g/mol. The molecule has 1 saturated carbocycles. The minimum atomic E-state index is -0.996. The number of imide groups is 1. The Morgan fingerprint density at radius 3 is 2.21 bits per heavy atom. The number of carbonyl (C=O) groups is 3. The van der Waals surface area contributed by atoms with Gasteiger partial charge in [0.2, 0.25) is 0 Å². The van der Waals surface area contributed by atoms with Crippen molar-refractivity contribution in [3.05, 3.63) is 95.1 Å². The van der Waals surface area contributed by atoms with E-state index in [1.54, 1.807) is 17.1 Å². The minimum Gasteiger partial charge on any atom is -0.494 e. The van der Waals surface area contributed by atoms with E-state index in [2.05, 4.69) is 16.4 Å². The second-order valence-corrected chi connectivity index (χ2v) is 12.4. The zero-order chi connectivity index (χ0) is 33.4. The molecule has 4 aliphatic rings. The van der Waals surface area contributed by atoms with Gasteiger partial charge in [0.25, 0.3) is 17.7 Å². The first-order valence-corrected chi connectivity index (χ1v) is 16.5. The van der Waals surface area contributed by atoms with Crippen LogP contribution in [-0.4, -0.2) is 65.3 Å². The van der Waals surface area contributed by atoms with Crippen molar-refractivity contribution in [1.82, 2.24) is 10.0 Å². The molecule has 3 heterocycles. The van der Waals surface area contributed by atoms with Crippen LogP contribution in [0, 0.1) is 12.8 Å². The lowest BCUT2D eigenvalue weighted by Crippen LogP contribution is -2.45. The summed E-state index contributed by atoms with van der Waals surface area (Å²) in [5.41, 5.74) is 5.44. The quantitative estimate of drug-likeness (QED) is 0.267. The average molecular weight is 647 g/mol. The van der Waals surface area contributed by atoms with Crippen molar-refractivity contribution in [3.8, 4) is 11.5 Å². The molecule has 3 aromatic carbocycles. The van der Waals surface area contributed by atoms with Crippen LogP contribution in [0.2, 0.25) is 0 Å². The molecule has 0 radical (unpaired) electrons. The number of hydrogen-bond acceptors (Lipinski definition) is 9. The number of allylic oxidation sites excluding steroid dienone is 1. The van der Waals surface area contributed by atoms with E-state index in [0.29, 0.717) is 18.9 Å². The van der Waals surface area contributed by atoms with Gasteiger partial charge in [-0.2, -0.15) is 10.2 Å². The molecule has 3 amide bonds. The summed E-state index contributed by atoms with van der Waals surface area (Å²) >= 11 is 0. The standard InChI is InChI=1S/C37H38N6O5/c1-4-47-28-17-11-24(12-18-28)21-26-7-6-8-30-32(26)39-43(34(30)25-13-19-29(20-14-25)48-5-2)31(44)22-41-35-33(38-40-41)36(45)42(37(35)46)27-15-9-23(3)10-16-27/h9-21,30,33-35H,4-8,22H2,1-3H3/b26-21+. The lowest BCUT2D eigenvalue weighted by Gasteiger charge is -2.30. The van der Waals surface area contributed by atoms with E-state index in [4.69, 9.17) is 14.6 Å². The highest BCUT2D eigenvalue weighted by Crippen LogP contribution is 2.45. The van der Waals surface area contributed by atoms with Crippen LogP contribution in [0.15, 0.2) is 93.8 Å². The zero-order valence-corrected chi connectivity index (χ0v) is 27.3. The first-order chi connectivity index (χ1) is 23.4. The number of rotatable bonds is 9. The second-order valence-electron chi connectivity index (χ2n) is 12.4. The molecule has 1 aliphatic carbocycles. The molecular weight excluding hydrogens is 608 g/mol. The van der Waals surface area contributed by atoms with E-state index in [1.165, 1.54) is 5.01 Å². The highest BCUT2D eigenvalue weighted by atomic mass is 16.5. The normalized spacial score (nSPS) is 23.9. The molecular formula is C37H38N6O5. The molecule has 0 bridgehead atoms. The molecule has 7 rings (SSSR count). The number of anilines is 1. The van der Waals surface area contributed by atoms with Crippen molar-refractivity contribution in [1.29, 1.82) is 0 Å². The van der Waals surface area contributed by atoms with Crippen molar-refractivity contribution >= 4 is 35.2 Å². The summed E-state index contributed by atoms with van der Waals surface area (Å²) < 4.78 is 11.3. The topological polar surface area (TPSA) is 116 Å². The fraction of sp³-hybridized carbons (Fsp3) is 0.351. The van der Waals surface area contributed by atoms with Crippen LogP contribution < -0.4 is 14.4 Å². The molecule has 11 nitrogen and oxygen atoms in total. The smallest absolute Gasteiger partial charge is 0.264 e. The second kappa shape index (κ2) is 13.1. The summed E-state index contributed by atoms with van der Waals surface area (Å²) in [5, 5.41) is 16.2. The van der Waals surface area contributed by atoms with E-state index in [1.807, 2.05) is 81.4 Å². The van der Waals surface area contributed by atoms with Crippen molar-refractivity contribution in [3.63, 3.8) is 0 Å². The molecule has 1 saturated heterocycles. The van der Waals surface area contributed by atoms with Crippen LogP contribution in [0.5, 0.6) is 11.5 Å². The van der Waals surface area contributed by atoms with E-state index in [0.717, 1.165) is 63.6 Å². The first kappa shape index (κ1) is 31.3. The van der Waals surface area contributed by atoms with Gasteiger partial charge in [0.1, 0.15) is 18.0 Å². The number of hydrazone groups is 1. The van der Waals surface area contributed by atoms with E-state index >= 15 is 0 Å². The van der Waals surface area contributed by atoms with Gasteiger partial charge in [-0.15, -0.1) is 0 Å². The van der Waals surface area contributed by atoms with Crippen LogP contribution >= 0.6 is 0 Å². The molecule has 2 fully saturated rings. The molecule has 11 heteroatoms. The third kappa shape index (κ3) is 5.74. The summed E-state index contributed by atoms with van der Waals surface area (Å²) in [5.74, 6) is 0.327. The summed E-state index contributed by atoms with van der Waals surface area (Å²) in [7, 11) is 0. The number of fused-ring (bicyclic) bond motifs is 2. The SMILES string of the molecule is CCOc1ccc(/C=C2\CCCC3C2=NN(C(=O)CN2N=NC4C(=O)N(c5ccc(C)cc5)C(=O)C42)C3c2ccc(OCC)cc2)cc1. The molecule has 4 unspecified atom stereocenters. The van der Waals surface area contributed by atoms with Gasteiger partial charge in [-0.25, -0.2) is 9.91 Å². The largest absolute Gasteiger partial charge is 0.494 e. The van der Waals surface area contributed by atoms with Gasteiger partial charge in [0.05, 0.1) is 30.7 Å². The van der Waals surface area contributed by atoms with Gasteiger partial charge in [0, 0.05) is 5.92 Å². The van der Waals surface area contributed by atoms with Crippen LogP contribution in [0.4, 0.5) is 5.69 Å².